The molecule has 3 heterocycles. The molecular formula is C15H18F3N5O2. The zero-order chi connectivity index (χ0) is 18.6. The molecule has 1 aliphatic rings. The second-order valence-corrected chi connectivity index (χ2v) is 5.64. The van der Waals surface area contributed by atoms with E-state index in [1.165, 1.54) is 12.3 Å². The zero-order valence-electron chi connectivity index (χ0n) is 13.5. The highest BCUT2D eigenvalue weighted by atomic mass is 19.4. The van der Waals surface area contributed by atoms with E-state index >= 15 is 0 Å². The summed E-state index contributed by atoms with van der Waals surface area (Å²) in [6, 6.07) is 3.03. The van der Waals surface area contributed by atoms with Gasteiger partial charge >= 0.3 is 6.18 Å². The average Bonchev–Trinajstić information content (AvgIpc) is 2.92. The van der Waals surface area contributed by atoms with Gasteiger partial charge in [-0.1, -0.05) is 0 Å². The SMILES string of the molecule is CC(c1c(C#N)cc2cnc(N)nn12)C(F)(F)F.OC1CCCOC1. The summed E-state index contributed by atoms with van der Waals surface area (Å²) in [5.74, 6) is -1.97. The highest BCUT2D eigenvalue weighted by molar-refractivity contribution is 5.56. The van der Waals surface area contributed by atoms with Crippen LogP contribution in [0.25, 0.3) is 5.52 Å². The van der Waals surface area contributed by atoms with Crippen LogP contribution in [0.2, 0.25) is 0 Å². The van der Waals surface area contributed by atoms with Crippen molar-refractivity contribution in [3.8, 4) is 6.07 Å². The molecule has 136 valence electrons. The standard InChI is InChI=1S/C10H8F3N5.C5H10O2/c1-5(10(11,12)13)8-6(3-14)2-7-4-16-9(15)17-18(7)8;6-5-2-1-3-7-4-5/h2,4-5H,1H3,(H2,15,17);5-6H,1-4H2. The molecule has 2 unspecified atom stereocenters. The Bertz CT molecular complexity index is 763. The van der Waals surface area contributed by atoms with Crippen molar-refractivity contribution in [3.63, 3.8) is 0 Å². The van der Waals surface area contributed by atoms with Crippen LogP contribution >= 0.6 is 0 Å². The number of hydrogen-bond acceptors (Lipinski definition) is 6. The molecule has 7 nitrogen and oxygen atoms in total. The van der Waals surface area contributed by atoms with E-state index in [9.17, 15) is 13.2 Å². The van der Waals surface area contributed by atoms with Gasteiger partial charge in [0.05, 0.1) is 41.6 Å². The van der Waals surface area contributed by atoms with Crippen LogP contribution in [0.4, 0.5) is 19.1 Å². The monoisotopic (exact) mass is 357 g/mol. The van der Waals surface area contributed by atoms with Crippen LogP contribution in [0.5, 0.6) is 0 Å². The summed E-state index contributed by atoms with van der Waals surface area (Å²) in [5, 5.41) is 21.4. The molecule has 0 radical (unpaired) electrons. The first-order valence-corrected chi connectivity index (χ1v) is 7.60. The first-order valence-electron chi connectivity index (χ1n) is 7.60. The molecule has 3 rings (SSSR count). The van der Waals surface area contributed by atoms with E-state index in [1.54, 1.807) is 6.07 Å². The Labute approximate surface area is 141 Å². The van der Waals surface area contributed by atoms with Gasteiger partial charge in [-0.2, -0.15) is 18.4 Å². The lowest BCUT2D eigenvalue weighted by Gasteiger charge is -2.15. The Morgan fingerprint density at radius 3 is 2.72 bits per heavy atom. The Balaban J connectivity index is 0.000000269. The van der Waals surface area contributed by atoms with Crippen molar-refractivity contribution in [1.29, 1.82) is 5.26 Å². The minimum atomic E-state index is -4.46. The van der Waals surface area contributed by atoms with Crippen LogP contribution in [0.15, 0.2) is 12.3 Å². The first-order chi connectivity index (χ1) is 11.7. The van der Waals surface area contributed by atoms with Crippen molar-refractivity contribution in [2.24, 2.45) is 0 Å². The van der Waals surface area contributed by atoms with Gasteiger partial charge in [-0.15, -0.1) is 5.10 Å². The number of aliphatic hydroxyl groups is 1. The summed E-state index contributed by atoms with van der Waals surface area (Å²) in [4.78, 5) is 3.67. The Morgan fingerprint density at radius 1 is 1.52 bits per heavy atom. The molecule has 1 saturated heterocycles. The molecule has 0 aliphatic carbocycles. The van der Waals surface area contributed by atoms with Crippen LogP contribution in [-0.4, -0.2) is 45.2 Å². The Morgan fingerprint density at radius 2 is 2.24 bits per heavy atom. The maximum absolute atomic E-state index is 12.8. The van der Waals surface area contributed by atoms with E-state index in [0.717, 1.165) is 30.9 Å². The molecule has 1 fully saturated rings. The number of nitrogen functional groups attached to an aromatic ring is 1. The third kappa shape index (κ3) is 4.58. The summed E-state index contributed by atoms with van der Waals surface area (Å²) in [5.41, 5.74) is 5.33. The van der Waals surface area contributed by atoms with Gasteiger partial charge in [-0.05, 0) is 25.8 Å². The van der Waals surface area contributed by atoms with E-state index in [1.807, 2.05) is 0 Å². The quantitative estimate of drug-likeness (QED) is 0.808. The smallest absolute Gasteiger partial charge is 0.391 e. The lowest BCUT2D eigenvalue weighted by Crippen LogP contribution is -2.21. The summed E-state index contributed by atoms with van der Waals surface area (Å²) < 4.78 is 44.2. The number of anilines is 1. The number of nitriles is 1. The minimum Gasteiger partial charge on any atom is -0.391 e. The fraction of sp³-hybridized carbons (Fsp3) is 0.533. The number of fused-ring (bicyclic) bond motifs is 1. The number of nitrogens with two attached hydrogens (primary N) is 1. The molecule has 0 spiro atoms. The highest BCUT2D eigenvalue weighted by Gasteiger charge is 2.40. The summed E-state index contributed by atoms with van der Waals surface area (Å²) in [7, 11) is 0. The summed E-state index contributed by atoms with van der Waals surface area (Å²) >= 11 is 0. The molecular weight excluding hydrogens is 339 g/mol. The summed E-state index contributed by atoms with van der Waals surface area (Å²) in [6.07, 6.45) is -1.44. The van der Waals surface area contributed by atoms with Gasteiger partial charge in [0.2, 0.25) is 5.95 Å². The highest BCUT2D eigenvalue weighted by Crippen LogP contribution is 2.36. The molecule has 2 aromatic heterocycles. The van der Waals surface area contributed by atoms with E-state index in [2.05, 4.69) is 10.1 Å². The van der Waals surface area contributed by atoms with Gasteiger partial charge < -0.3 is 15.6 Å². The minimum absolute atomic E-state index is 0.0836. The van der Waals surface area contributed by atoms with Gasteiger partial charge in [0.15, 0.2) is 0 Å². The molecule has 2 atom stereocenters. The van der Waals surface area contributed by atoms with Crippen molar-refractivity contribution < 1.29 is 23.0 Å². The number of aromatic nitrogens is 3. The molecule has 0 amide bonds. The number of rotatable bonds is 1. The van der Waals surface area contributed by atoms with Gasteiger partial charge in [0, 0.05) is 6.61 Å². The molecule has 2 aromatic rings. The third-order valence-corrected chi connectivity index (χ3v) is 3.73. The molecule has 0 saturated carbocycles. The van der Waals surface area contributed by atoms with E-state index < -0.39 is 12.1 Å². The maximum Gasteiger partial charge on any atom is 0.397 e. The average molecular weight is 357 g/mol. The second-order valence-electron chi connectivity index (χ2n) is 5.64. The molecule has 10 heteroatoms. The van der Waals surface area contributed by atoms with Crippen LogP contribution in [0, 0.1) is 11.3 Å². The third-order valence-electron chi connectivity index (χ3n) is 3.73. The molecule has 0 aromatic carbocycles. The summed E-state index contributed by atoms with van der Waals surface area (Å²) in [6.45, 7) is 2.35. The second kappa shape index (κ2) is 7.67. The van der Waals surface area contributed by atoms with Crippen molar-refractivity contribution in [1.82, 2.24) is 14.6 Å². The van der Waals surface area contributed by atoms with Crippen molar-refractivity contribution in [2.75, 3.05) is 18.9 Å². The van der Waals surface area contributed by atoms with E-state index in [-0.39, 0.29) is 23.3 Å². The maximum atomic E-state index is 12.8. The first kappa shape index (κ1) is 19.0. The lowest BCUT2D eigenvalue weighted by molar-refractivity contribution is -0.147. The van der Waals surface area contributed by atoms with Gasteiger partial charge in [-0.3, -0.25) is 0 Å². The van der Waals surface area contributed by atoms with Gasteiger partial charge in [0.1, 0.15) is 6.07 Å². The number of ether oxygens (including phenoxy) is 1. The lowest BCUT2D eigenvalue weighted by atomic mass is 10.0. The van der Waals surface area contributed by atoms with Crippen molar-refractivity contribution in [3.05, 3.63) is 23.5 Å². The van der Waals surface area contributed by atoms with E-state index in [0.29, 0.717) is 12.1 Å². The predicted molar refractivity (Wildman–Crippen MR) is 82.6 cm³/mol. The molecule has 0 bridgehead atoms. The Hall–Kier alpha value is -2.38. The van der Waals surface area contributed by atoms with Gasteiger partial charge in [-0.25, -0.2) is 9.50 Å². The largest absolute Gasteiger partial charge is 0.397 e. The number of aliphatic hydroxyl groups excluding tert-OH is 1. The van der Waals surface area contributed by atoms with E-state index in [4.69, 9.17) is 20.8 Å². The molecule has 3 N–H and O–H groups in total. The van der Waals surface area contributed by atoms with Crippen molar-refractivity contribution in [2.45, 2.75) is 38.0 Å². The number of hydrogen-bond donors (Lipinski definition) is 2. The topological polar surface area (TPSA) is 109 Å². The number of alkyl halides is 3. The van der Waals surface area contributed by atoms with Crippen LogP contribution in [-0.2, 0) is 4.74 Å². The van der Waals surface area contributed by atoms with Crippen LogP contribution < -0.4 is 5.73 Å². The normalized spacial score (nSPS) is 19.0. The zero-order valence-corrected chi connectivity index (χ0v) is 13.5. The predicted octanol–water partition coefficient (Wildman–Crippen LogP) is 2.01. The van der Waals surface area contributed by atoms with Gasteiger partial charge in [0.25, 0.3) is 0 Å². The fourth-order valence-corrected chi connectivity index (χ4v) is 2.39. The van der Waals surface area contributed by atoms with Crippen LogP contribution in [0.3, 0.4) is 0 Å². The fourth-order valence-electron chi connectivity index (χ4n) is 2.39. The van der Waals surface area contributed by atoms with Crippen LogP contribution in [0.1, 0.15) is 36.9 Å². The molecule has 25 heavy (non-hydrogen) atoms. The number of nitrogens with zero attached hydrogens (tertiary/aromatic N) is 4. The van der Waals surface area contributed by atoms with Crippen molar-refractivity contribution >= 4 is 11.5 Å². The number of halogens is 3. The molecule has 1 aliphatic heterocycles. The Kier molecular flexibility index (Phi) is 5.81.